The molecule has 1 rings (SSSR count). The molecule has 0 fully saturated rings. The number of nitrogens with two attached hydrogens (primary N) is 1. The summed E-state index contributed by atoms with van der Waals surface area (Å²) in [7, 11) is -6.96. The summed E-state index contributed by atoms with van der Waals surface area (Å²) in [6.07, 6.45) is 0.998. The smallest absolute Gasteiger partial charge is 0.233 e. The number of hydrogen-bond donors (Lipinski definition) is 2. The molecule has 1 aromatic rings. The predicted molar refractivity (Wildman–Crippen MR) is 71.5 cm³/mol. The Kier molecular flexibility index (Phi) is 4.71. The molecule has 0 aromatic heterocycles. The van der Waals surface area contributed by atoms with Gasteiger partial charge in [-0.15, -0.1) is 0 Å². The van der Waals surface area contributed by atoms with Crippen molar-refractivity contribution in [2.24, 2.45) is 5.73 Å². The van der Waals surface area contributed by atoms with E-state index < -0.39 is 31.4 Å². The molecular weight excluding hydrogens is 276 g/mol. The molecule has 0 atom stereocenters. The zero-order valence-corrected chi connectivity index (χ0v) is 11.6. The minimum atomic E-state index is -3.66. The molecule has 0 aliphatic rings. The fraction of sp³-hybridized carbons (Fsp3) is 0.400. The first-order valence-corrected chi connectivity index (χ1v) is 8.90. The van der Waals surface area contributed by atoms with Gasteiger partial charge in [-0.25, -0.2) is 16.8 Å². The van der Waals surface area contributed by atoms with Gasteiger partial charge in [-0.1, -0.05) is 12.1 Å². The zero-order chi connectivity index (χ0) is 13.8. The Labute approximate surface area is 107 Å². The van der Waals surface area contributed by atoms with Crippen LogP contribution in [-0.4, -0.2) is 34.6 Å². The highest BCUT2D eigenvalue weighted by molar-refractivity contribution is 7.95. The van der Waals surface area contributed by atoms with E-state index >= 15 is 0 Å². The van der Waals surface area contributed by atoms with Crippen LogP contribution < -0.4 is 10.5 Å². The van der Waals surface area contributed by atoms with Crippen LogP contribution in [0.5, 0.6) is 0 Å². The molecule has 0 bridgehead atoms. The first kappa shape index (κ1) is 14.9. The number of rotatable bonds is 6. The molecule has 0 saturated carbocycles. The van der Waals surface area contributed by atoms with Crippen LogP contribution in [0.2, 0.25) is 0 Å². The molecule has 18 heavy (non-hydrogen) atoms. The van der Waals surface area contributed by atoms with Gasteiger partial charge in [-0.05, 0) is 17.7 Å². The quantitative estimate of drug-likeness (QED) is 0.763. The topological polar surface area (TPSA) is 106 Å². The van der Waals surface area contributed by atoms with Crippen molar-refractivity contribution in [2.75, 3.05) is 22.5 Å². The molecule has 3 N–H and O–H groups in total. The maximum absolute atomic E-state index is 11.6. The van der Waals surface area contributed by atoms with Gasteiger partial charge in [0, 0.05) is 18.5 Å². The molecule has 1 aromatic carbocycles. The van der Waals surface area contributed by atoms with Gasteiger partial charge in [0.15, 0.2) is 0 Å². The molecule has 0 heterocycles. The van der Waals surface area contributed by atoms with Crippen LogP contribution in [0.4, 0.5) is 5.69 Å². The second-order valence-corrected chi connectivity index (χ2v) is 8.06. The number of sulfone groups is 1. The normalized spacial score (nSPS) is 12.3. The van der Waals surface area contributed by atoms with Crippen LogP contribution in [0, 0.1) is 0 Å². The van der Waals surface area contributed by atoms with Crippen LogP contribution >= 0.6 is 0 Å². The lowest BCUT2D eigenvalue weighted by atomic mass is 10.2. The summed E-state index contributed by atoms with van der Waals surface area (Å²) >= 11 is 0. The largest absolute Gasteiger partial charge is 0.326 e. The third kappa shape index (κ3) is 5.48. The Morgan fingerprint density at radius 2 is 1.83 bits per heavy atom. The standard InChI is InChI=1S/C10H16N2O4S2/c1-17(13,14)5-6-18(15,16)12-10-4-2-3-9(7-10)8-11/h2-4,7,12H,5-6,8,11H2,1H3. The molecular formula is C10H16N2O4S2. The van der Waals surface area contributed by atoms with E-state index in [2.05, 4.69) is 4.72 Å². The van der Waals surface area contributed by atoms with Crippen LogP contribution in [0.1, 0.15) is 5.56 Å². The van der Waals surface area contributed by atoms with Crippen molar-refractivity contribution in [2.45, 2.75) is 6.54 Å². The summed E-state index contributed by atoms with van der Waals surface area (Å²) in [5.74, 6) is -0.863. The minimum Gasteiger partial charge on any atom is -0.326 e. The number of benzene rings is 1. The lowest BCUT2D eigenvalue weighted by molar-refractivity contribution is 0.593. The van der Waals surface area contributed by atoms with Gasteiger partial charge in [0.05, 0.1) is 11.5 Å². The van der Waals surface area contributed by atoms with E-state index in [0.29, 0.717) is 12.2 Å². The summed E-state index contributed by atoms with van der Waals surface area (Å²) < 4.78 is 47.4. The average Bonchev–Trinajstić information content (AvgIpc) is 2.25. The Balaban J connectivity index is 2.76. The Morgan fingerprint density at radius 3 is 2.39 bits per heavy atom. The zero-order valence-electron chi connectivity index (χ0n) is 9.96. The lowest BCUT2D eigenvalue weighted by Gasteiger charge is -2.08. The molecule has 6 nitrogen and oxygen atoms in total. The van der Waals surface area contributed by atoms with Crippen molar-refractivity contribution < 1.29 is 16.8 Å². The van der Waals surface area contributed by atoms with Crippen molar-refractivity contribution in [3.8, 4) is 0 Å². The van der Waals surface area contributed by atoms with Crippen molar-refractivity contribution in [3.05, 3.63) is 29.8 Å². The molecule has 102 valence electrons. The summed E-state index contributed by atoms with van der Waals surface area (Å²) in [4.78, 5) is 0. The third-order valence-electron chi connectivity index (χ3n) is 2.16. The Morgan fingerprint density at radius 1 is 1.17 bits per heavy atom. The number of sulfonamides is 1. The van der Waals surface area contributed by atoms with Crippen molar-refractivity contribution in [3.63, 3.8) is 0 Å². The van der Waals surface area contributed by atoms with Gasteiger partial charge in [0.2, 0.25) is 10.0 Å². The highest BCUT2D eigenvalue weighted by atomic mass is 32.2. The van der Waals surface area contributed by atoms with E-state index in [1.165, 1.54) is 0 Å². The van der Waals surface area contributed by atoms with Crippen molar-refractivity contribution in [1.29, 1.82) is 0 Å². The van der Waals surface area contributed by atoms with Crippen molar-refractivity contribution in [1.82, 2.24) is 0 Å². The Bertz CT molecular complexity index is 609. The van der Waals surface area contributed by atoms with E-state index in [4.69, 9.17) is 5.73 Å². The fourth-order valence-corrected chi connectivity index (χ4v) is 3.93. The van der Waals surface area contributed by atoms with E-state index in [-0.39, 0.29) is 0 Å². The van der Waals surface area contributed by atoms with Gasteiger partial charge in [-0.2, -0.15) is 0 Å². The molecule has 0 aliphatic carbocycles. The first-order valence-electron chi connectivity index (χ1n) is 5.19. The molecule has 0 spiro atoms. The van der Waals surface area contributed by atoms with Gasteiger partial charge >= 0.3 is 0 Å². The van der Waals surface area contributed by atoms with E-state index in [9.17, 15) is 16.8 Å². The van der Waals surface area contributed by atoms with Crippen LogP contribution in [0.15, 0.2) is 24.3 Å². The fourth-order valence-electron chi connectivity index (χ4n) is 1.25. The molecule has 0 radical (unpaired) electrons. The van der Waals surface area contributed by atoms with Crippen LogP contribution in [-0.2, 0) is 26.4 Å². The number of nitrogens with one attached hydrogen (secondary N) is 1. The Hall–Kier alpha value is -1.12. The molecule has 0 unspecified atom stereocenters. The minimum absolute atomic E-state index is 0.304. The lowest BCUT2D eigenvalue weighted by Crippen LogP contribution is -2.22. The van der Waals surface area contributed by atoms with E-state index in [0.717, 1.165) is 11.8 Å². The summed E-state index contributed by atoms with van der Waals surface area (Å²) in [6, 6.07) is 6.64. The van der Waals surface area contributed by atoms with Gasteiger partial charge in [0.1, 0.15) is 9.84 Å². The van der Waals surface area contributed by atoms with E-state index in [1.54, 1.807) is 24.3 Å². The maximum atomic E-state index is 11.6. The molecule has 0 amide bonds. The predicted octanol–water partition coefficient (Wildman–Crippen LogP) is -0.0684. The molecule has 0 aliphatic heterocycles. The second kappa shape index (κ2) is 5.68. The van der Waals surface area contributed by atoms with Crippen LogP contribution in [0.25, 0.3) is 0 Å². The van der Waals surface area contributed by atoms with Gasteiger partial charge in [0.25, 0.3) is 0 Å². The average molecular weight is 292 g/mol. The molecule has 8 heteroatoms. The highest BCUT2D eigenvalue weighted by Crippen LogP contribution is 2.12. The SMILES string of the molecule is CS(=O)(=O)CCS(=O)(=O)Nc1cccc(CN)c1. The third-order valence-corrected chi connectivity index (χ3v) is 4.65. The highest BCUT2D eigenvalue weighted by Gasteiger charge is 2.14. The summed E-state index contributed by atoms with van der Waals surface area (Å²) in [6.45, 7) is 0.304. The van der Waals surface area contributed by atoms with Gasteiger partial charge in [-0.3, -0.25) is 4.72 Å². The van der Waals surface area contributed by atoms with Crippen molar-refractivity contribution >= 4 is 25.5 Å². The summed E-state index contributed by atoms with van der Waals surface area (Å²) in [5, 5.41) is 0. The monoisotopic (exact) mass is 292 g/mol. The van der Waals surface area contributed by atoms with Gasteiger partial charge < -0.3 is 5.73 Å². The second-order valence-electron chi connectivity index (χ2n) is 3.96. The number of anilines is 1. The first-order chi connectivity index (χ1) is 8.22. The van der Waals surface area contributed by atoms with E-state index in [1.807, 2.05) is 0 Å². The maximum Gasteiger partial charge on any atom is 0.233 e. The molecule has 0 saturated heterocycles. The number of hydrogen-bond acceptors (Lipinski definition) is 5. The van der Waals surface area contributed by atoms with Crippen LogP contribution in [0.3, 0.4) is 0 Å². The summed E-state index contributed by atoms with van der Waals surface area (Å²) in [5.41, 5.74) is 6.61.